The van der Waals surface area contributed by atoms with Gasteiger partial charge in [0.15, 0.2) is 5.78 Å². The number of fused-ring (bicyclic) bond motifs is 1. The molecular formula is C14H8BrNO2. The molecule has 0 N–H and O–H groups in total. The molecule has 2 aliphatic heterocycles. The minimum atomic E-state index is -0.287. The topological polar surface area (TPSA) is 38.7 Å². The van der Waals surface area contributed by atoms with E-state index in [4.69, 9.17) is 4.74 Å². The molecule has 1 aromatic carbocycles. The molecule has 4 heteroatoms. The molecule has 0 saturated heterocycles. The quantitative estimate of drug-likeness (QED) is 0.748. The Balaban J connectivity index is 1.95. The van der Waals surface area contributed by atoms with Gasteiger partial charge in [-0.1, -0.05) is 15.9 Å². The van der Waals surface area contributed by atoms with E-state index in [0.717, 1.165) is 10.0 Å². The van der Waals surface area contributed by atoms with Crippen molar-refractivity contribution >= 4 is 27.6 Å². The molecule has 0 radical (unpaired) electrons. The van der Waals surface area contributed by atoms with Gasteiger partial charge in [0.1, 0.15) is 11.9 Å². The molecular weight excluding hydrogens is 294 g/mol. The zero-order chi connectivity index (χ0) is 12.5. The number of ketones is 1. The largest absolute Gasteiger partial charge is 0.484 e. The van der Waals surface area contributed by atoms with Crippen LogP contribution in [0.1, 0.15) is 16.8 Å². The normalized spacial score (nSPS) is 20.4. The summed E-state index contributed by atoms with van der Waals surface area (Å²) in [6.07, 6.45) is 3.43. The third kappa shape index (κ3) is 1.98. The number of nitrogens with zero attached hydrogens (tertiary/aromatic N) is 1. The standard InChI is InChI=1S/C14H8BrNO2/c15-10-3-4-13-11(6-10)12(17)7-14(18-13)9-2-1-5-16-8-9/h2-4,6,8,14H,7H2. The van der Waals surface area contributed by atoms with E-state index >= 15 is 0 Å². The summed E-state index contributed by atoms with van der Waals surface area (Å²) in [5.41, 5.74) is 4.24. The van der Waals surface area contributed by atoms with Gasteiger partial charge in [0, 0.05) is 22.1 Å². The number of ether oxygens (including phenoxy) is 1. The Hall–Kier alpha value is -1.86. The molecule has 88 valence electrons. The first kappa shape index (κ1) is 11.2. The number of carbonyl (C=O) groups excluding carboxylic acids is 1. The van der Waals surface area contributed by atoms with Crippen LogP contribution in [0.4, 0.5) is 0 Å². The van der Waals surface area contributed by atoms with E-state index in [-0.39, 0.29) is 11.9 Å². The lowest BCUT2D eigenvalue weighted by atomic mass is 9.96. The van der Waals surface area contributed by atoms with E-state index in [1.54, 1.807) is 24.4 Å². The zero-order valence-corrected chi connectivity index (χ0v) is 10.9. The average Bonchev–Trinajstić information content (AvgIpc) is 2.40. The van der Waals surface area contributed by atoms with Crippen molar-refractivity contribution in [2.75, 3.05) is 0 Å². The summed E-state index contributed by atoms with van der Waals surface area (Å²) in [7, 11) is 0. The van der Waals surface area contributed by atoms with Gasteiger partial charge in [-0.05, 0) is 30.0 Å². The van der Waals surface area contributed by atoms with Crippen LogP contribution >= 0.6 is 15.9 Å². The van der Waals surface area contributed by atoms with Gasteiger partial charge in [0.25, 0.3) is 0 Å². The van der Waals surface area contributed by atoms with Crippen molar-refractivity contribution in [2.24, 2.45) is 4.99 Å². The Kier molecular flexibility index (Phi) is 2.77. The van der Waals surface area contributed by atoms with Crippen LogP contribution in [0, 0.1) is 0 Å². The van der Waals surface area contributed by atoms with Crippen LogP contribution in [-0.2, 0) is 0 Å². The number of aliphatic imine (C=N–C) groups is 1. The first-order valence-electron chi connectivity index (χ1n) is 5.47. The molecule has 0 aliphatic carbocycles. The molecule has 0 bridgehead atoms. The van der Waals surface area contributed by atoms with Gasteiger partial charge < -0.3 is 4.74 Å². The van der Waals surface area contributed by atoms with Crippen molar-refractivity contribution in [3.05, 3.63) is 51.8 Å². The van der Waals surface area contributed by atoms with Crippen LogP contribution in [-0.4, -0.2) is 17.8 Å². The van der Waals surface area contributed by atoms with Crippen LogP contribution in [0.15, 0.2) is 51.2 Å². The number of benzene rings is 1. The fourth-order valence-corrected chi connectivity index (χ4v) is 2.32. The average molecular weight is 302 g/mol. The summed E-state index contributed by atoms with van der Waals surface area (Å²) in [4.78, 5) is 16.0. The lowest BCUT2D eigenvalue weighted by Crippen LogP contribution is -2.28. The number of halogens is 1. The van der Waals surface area contributed by atoms with Crippen LogP contribution in [0.2, 0.25) is 0 Å². The Morgan fingerprint density at radius 1 is 1.44 bits per heavy atom. The van der Waals surface area contributed by atoms with Crippen molar-refractivity contribution in [1.29, 1.82) is 0 Å². The monoisotopic (exact) mass is 301 g/mol. The predicted molar refractivity (Wildman–Crippen MR) is 71.1 cm³/mol. The smallest absolute Gasteiger partial charge is 0.170 e. The number of rotatable bonds is 1. The van der Waals surface area contributed by atoms with Crippen LogP contribution in [0.3, 0.4) is 0 Å². The molecule has 0 aromatic heterocycles. The maximum absolute atomic E-state index is 12.1. The van der Waals surface area contributed by atoms with E-state index in [1.807, 2.05) is 6.07 Å². The molecule has 1 unspecified atom stereocenters. The number of hydrogen-bond acceptors (Lipinski definition) is 3. The summed E-state index contributed by atoms with van der Waals surface area (Å²) in [5, 5.41) is 0. The number of hydrogen-bond donors (Lipinski definition) is 0. The highest BCUT2D eigenvalue weighted by atomic mass is 79.9. The second-order valence-corrected chi connectivity index (χ2v) is 4.95. The number of Topliss-reactive ketones (excluding diaryl/α,β-unsaturated/α-hetero) is 1. The molecule has 3 rings (SSSR count). The van der Waals surface area contributed by atoms with Crippen LogP contribution in [0.25, 0.3) is 0 Å². The summed E-state index contributed by atoms with van der Waals surface area (Å²) in [6.45, 7) is 0. The van der Waals surface area contributed by atoms with Crippen molar-refractivity contribution in [1.82, 2.24) is 0 Å². The van der Waals surface area contributed by atoms with Gasteiger partial charge >= 0.3 is 0 Å². The highest BCUT2D eigenvalue weighted by Gasteiger charge is 2.28. The number of carbonyl (C=O) groups is 1. The van der Waals surface area contributed by atoms with E-state index < -0.39 is 0 Å². The van der Waals surface area contributed by atoms with Crippen LogP contribution in [0.5, 0.6) is 5.75 Å². The van der Waals surface area contributed by atoms with Gasteiger partial charge in [-0.2, -0.15) is 0 Å². The van der Waals surface area contributed by atoms with Crippen molar-refractivity contribution in [3.63, 3.8) is 0 Å². The van der Waals surface area contributed by atoms with Gasteiger partial charge in [0.05, 0.1) is 12.0 Å². The molecule has 2 heterocycles. The summed E-state index contributed by atoms with van der Waals surface area (Å²) >= 11 is 3.35. The molecule has 1 atom stereocenters. The first-order valence-corrected chi connectivity index (χ1v) is 6.26. The molecule has 3 nitrogen and oxygen atoms in total. The third-order valence-corrected chi connectivity index (χ3v) is 3.33. The van der Waals surface area contributed by atoms with E-state index in [0.29, 0.717) is 17.7 Å². The van der Waals surface area contributed by atoms with Crippen molar-refractivity contribution in [3.8, 4) is 5.75 Å². The molecule has 2 aliphatic rings. The second kappa shape index (κ2) is 4.43. The van der Waals surface area contributed by atoms with Crippen LogP contribution < -0.4 is 4.74 Å². The summed E-state index contributed by atoms with van der Waals surface area (Å²) < 4.78 is 6.70. The van der Waals surface area contributed by atoms with E-state index in [1.165, 1.54) is 0 Å². The predicted octanol–water partition coefficient (Wildman–Crippen LogP) is 3.06. The van der Waals surface area contributed by atoms with Gasteiger partial charge in [-0.15, -0.1) is 0 Å². The van der Waals surface area contributed by atoms with Gasteiger partial charge in [-0.25, -0.2) is 4.99 Å². The summed E-state index contributed by atoms with van der Waals surface area (Å²) in [5.74, 6) is 3.28. The lowest BCUT2D eigenvalue weighted by Gasteiger charge is -2.25. The van der Waals surface area contributed by atoms with Crippen molar-refractivity contribution < 1.29 is 9.53 Å². The molecule has 0 fully saturated rings. The molecule has 18 heavy (non-hydrogen) atoms. The Morgan fingerprint density at radius 3 is 3.11 bits per heavy atom. The van der Waals surface area contributed by atoms with Gasteiger partial charge in [0.2, 0.25) is 0 Å². The lowest BCUT2D eigenvalue weighted by molar-refractivity contribution is 0.0887. The second-order valence-electron chi connectivity index (χ2n) is 4.03. The zero-order valence-electron chi connectivity index (χ0n) is 9.31. The maximum atomic E-state index is 12.1. The first-order chi connectivity index (χ1) is 8.74. The highest BCUT2D eigenvalue weighted by Crippen LogP contribution is 2.32. The summed E-state index contributed by atoms with van der Waals surface area (Å²) in [6, 6.07) is 5.45. The fraction of sp³-hybridized carbons (Fsp3) is 0.143. The fourth-order valence-electron chi connectivity index (χ4n) is 1.96. The SMILES string of the molecule is O=C1CC(C2=CN=C=C=C2)Oc2ccc(Br)cc21. The highest BCUT2D eigenvalue weighted by molar-refractivity contribution is 9.10. The van der Waals surface area contributed by atoms with Gasteiger partial charge in [-0.3, -0.25) is 4.79 Å². The molecule has 0 amide bonds. The van der Waals surface area contributed by atoms with E-state index in [9.17, 15) is 4.79 Å². The Morgan fingerprint density at radius 2 is 2.33 bits per heavy atom. The Bertz CT molecular complexity index is 662. The molecule has 1 aromatic rings. The molecule has 0 saturated carbocycles. The Labute approximate surface area is 112 Å². The molecule has 0 spiro atoms. The third-order valence-electron chi connectivity index (χ3n) is 2.84. The minimum absolute atomic E-state index is 0.0791. The van der Waals surface area contributed by atoms with Crippen molar-refractivity contribution in [2.45, 2.75) is 12.5 Å². The maximum Gasteiger partial charge on any atom is 0.170 e. The minimum Gasteiger partial charge on any atom is -0.484 e. The van der Waals surface area contributed by atoms with E-state index in [2.05, 4.69) is 32.5 Å².